The number of hydrogen-bond acceptors (Lipinski definition) is 2. The number of aromatic hydroxyl groups is 2. The first kappa shape index (κ1) is 24.3. The van der Waals surface area contributed by atoms with Gasteiger partial charge in [0.05, 0.1) is 0 Å². The molecule has 2 aromatic carbocycles. The van der Waals surface area contributed by atoms with Crippen molar-refractivity contribution in [1.29, 1.82) is 0 Å². The summed E-state index contributed by atoms with van der Waals surface area (Å²) in [5.41, 5.74) is 6.00. The highest BCUT2D eigenvalue weighted by molar-refractivity contribution is 5.56. The van der Waals surface area contributed by atoms with Crippen LogP contribution in [0.15, 0.2) is 24.3 Å². The van der Waals surface area contributed by atoms with E-state index in [-0.39, 0.29) is 16.7 Å². The molecule has 166 valence electrons. The molecule has 0 atom stereocenters. The minimum atomic E-state index is -0.148. The van der Waals surface area contributed by atoms with Gasteiger partial charge in [-0.25, -0.2) is 0 Å². The van der Waals surface area contributed by atoms with Crippen LogP contribution in [0.5, 0.6) is 11.5 Å². The first-order valence-electron chi connectivity index (χ1n) is 11.5. The minimum Gasteiger partial charge on any atom is -0.507 e. The van der Waals surface area contributed by atoms with Gasteiger partial charge in [0.1, 0.15) is 11.5 Å². The van der Waals surface area contributed by atoms with Crippen molar-refractivity contribution in [1.82, 2.24) is 0 Å². The van der Waals surface area contributed by atoms with Crippen LogP contribution >= 0.6 is 0 Å². The minimum absolute atomic E-state index is 0.0965. The fraction of sp³-hybridized carbons (Fsp3) is 0.571. The van der Waals surface area contributed by atoms with Gasteiger partial charge in [0.2, 0.25) is 0 Å². The number of rotatable bonds is 6. The molecule has 0 aliphatic carbocycles. The Morgan fingerprint density at radius 3 is 1.27 bits per heavy atom. The van der Waals surface area contributed by atoms with E-state index in [9.17, 15) is 10.2 Å². The molecule has 0 fully saturated rings. The van der Waals surface area contributed by atoms with Crippen LogP contribution in [0.1, 0.15) is 114 Å². The lowest BCUT2D eigenvalue weighted by atomic mass is 9.78. The predicted molar refractivity (Wildman–Crippen MR) is 129 cm³/mol. The molecule has 0 aliphatic rings. The Kier molecular flexibility index (Phi) is 7.32. The third-order valence-electron chi connectivity index (χ3n) is 6.02. The second-order valence-electron chi connectivity index (χ2n) is 10.9. The van der Waals surface area contributed by atoms with Gasteiger partial charge >= 0.3 is 0 Å². The zero-order chi connectivity index (χ0) is 22.9. The Morgan fingerprint density at radius 1 is 0.667 bits per heavy atom. The van der Waals surface area contributed by atoms with Crippen LogP contribution in [0.4, 0.5) is 0 Å². The van der Waals surface area contributed by atoms with E-state index in [1.54, 1.807) is 0 Å². The van der Waals surface area contributed by atoms with Gasteiger partial charge in [-0.3, -0.25) is 0 Å². The number of benzene rings is 2. The third-order valence-corrected chi connectivity index (χ3v) is 6.02. The van der Waals surface area contributed by atoms with Gasteiger partial charge < -0.3 is 10.2 Å². The van der Waals surface area contributed by atoms with Crippen molar-refractivity contribution in [2.75, 3.05) is 0 Å². The van der Waals surface area contributed by atoms with E-state index >= 15 is 0 Å². The lowest BCUT2D eigenvalue weighted by Crippen LogP contribution is -2.15. The fourth-order valence-electron chi connectivity index (χ4n) is 4.28. The van der Waals surface area contributed by atoms with Gasteiger partial charge in [-0.1, -0.05) is 99.4 Å². The summed E-state index contributed by atoms with van der Waals surface area (Å²) in [6, 6.07) is 8.59. The molecular weight excluding hydrogens is 368 g/mol. The molecular formula is C28H42O2. The van der Waals surface area contributed by atoms with Gasteiger partial charge in [0.15, 0.2) is 0 Å². The first-order valence-corrected chi connectivity index (χ1v) is 11.5. The average molecular weight is 411 g/mol. The first-order chi connectivity index (χ1) is 13.8. The summed E-state index contributed by atoms with van der Waals surface area (Å²) < 4.78 is 0. The van der Waals surface area contributed by atoms with E-state index in [0.717, 1.165) is 47.9 Å². The summed E-state index contributed by atoms with van der Waals surface area (Å²) in [7, 11) is 0. The standard InChI is InChI=1S/C28H42O2/c1-10-12-19-14-21(25(29)23(16-19)27(4,5)6)18(3)22-15-20(13-11-2)17-24(26(22)30)28(7,8)9/h14-18,29-30H,10-13H2,1-9H3. The van der Waals surface area contributed by atoms with Crippen molar-refractivity contribution in [2.24, 2.45) is 0 Å². The molecule has 0 aliphatic heterocycles. The second-order valence-corrected chi connectivity index (χ2v) is 10.9. The summed E-state index contributed by atoms with van der Waals surface area (Å²) in [4.78, 5) is 0. The van der Waals surface area contributed by atoms with Crippen LogP contribution in [-0.2, 0) is 23.7 Å². The monoisotopic (exact) mass is 410 g/mol. The predicted octanol–water partition coefficient (Wildman–Crippen LogP) is 7.75. The quantitative estimate of drug-likeness (QED) is 0.511. The lowest BCUT2D eigenvalue weighted by molar-refractivity contribution is 0.429. The molecule has 0 radical (unpaired) electrons. The molecule has 30 heavy (non-hydrogen) atoms. The number of phenolic OH excluding ortho intramolecular Hbond substituents is 2. The highest BCUT2D eigenvalue weighted by atomic mass is 16.3. The van der Waals surface area contributed by atoms with E-state index in [4.69, 9.17) is 0 Å². The lowest BCUT2D eigenvalue weighted by Gasteiger charge is -2.28. The smallest absolute Gasteiger partial charge is 0.123 e. The molecule has 2 N–H and O–H groups in total. The zero-order valence-electron chi connectivity index (χ0n) is 20.6. The second kappa shape index (κ2) is 9.04. The van der Waals surface area contributed by atoms with Gasteiger partial charge in [0.25, 0.3) is 0 Å². The molecule has 2 aromatic rings. The Bertz CT molecular complexity index is 805. The highest BCUT2D eigenvalue weighted by Crippen LogP contribution is 2.44. The highest BCUT2D eigenvalue weighted by Gasteiger charge is 2.28. The van der Waals surface area contributed by atoms with E-state index in [1.807, 2.05) is 0 Å². The van der Waals surface area contributed by atoms with Crippen molar-refractivity contribution in [3.05, 3.63) is 57.6 Å². The molecule has 0 aromatic heterocycles. The molecule has 0 saturated carbocycles. The van der Waals surface area contributed by atoms with E-state index < -0.39 is 0 Å². The van der Waals surface area contributed by atoms with Crippen LogP contribution in [0.25, 0.3) is 0 Å². The van der Waals surface area contributed by atoms with Crippen LogP contribution in [0, 0.1) is 0 Å². The maximum atomic E-state index is 11.3. The van der Waals surface area contributed by atoms with Crippen LogP contribution < -0.4 is 0 Å². The fourth-order valence-corrected chi connectivity index (χ4v) is 4.28. The number of phenols is 2. The SMILES string of the molecule is CCCc1cc(C(C)c2cc(CCC)cc(C(C)(C)C)c2O)c(O)c(C(C)(C)C)c1. The van der Waals surface area contributed by atoms with E-state index in [2.05, 4.69) is 86.6 Å². The Morgan fingerprint density at radius 2 is 1.00 bits per heavy atom. The molecule has 0 spiro atoms. The Balaban J connectivity index is 2.74. The topological polar surface area (TPSA) is 40.5 Å². The summed E-state index contributed by atoms with van der Waals surface area (Å²) in [5.74, 6) is 0.640. The van der Waals surface area contributed by atoms with Gasteiger partial charge in [-0.05, 0) is 45.9 Å². The van der Waals surface area contributed by atoms with E-state index in [1.165, 1.54) is 11.1 Å². The van der Waals surface area contributed by atoms with Crippen molar-refractivity contribution >= 4 is 0 Å². The van der Waals surface area contributed by atoms with Gasteiger partial charge in [-0.2, -0.15) is 0 Å². The van der Waals surface area contributed by atoms with Crippen LogP contribution in [0.3, 0.4) is 0 Å². The average Bonchev–Trinajstić information content (AvgIpc) is 2.62. The number of hydrogen-bond donors (Lipinski definition) is 2. The maximum Gasteiger partial charge on any atom is 0.123 e. The van der Waals surface area contributed by atoms with Crippen molar-refractivity contribution in [3.63, 3.8) is 0 Å². The molecule has 0 unspecified atom stereocenters. The summed E-state index contributed by atoms with van der Waals surface area (Å²) in [6.07, 6.45) is 4.09. The van der Waals surface area contributed by atoms with Gasteiger partial charge in [0, 0.05) is 17.0 Å². The Labute approximate surface area is 184 Å². The molecule has 0 amide bonds. The van der Waals surface area contributed by atoms with Crippen molar-refractivity contribution in [2.45, 2.75) is 105 Å². The molecule has 2 nitrogen and oxygen atoms in total. The summed E-state index contributed by atoms with van der Waals surface area (Å²) >= 11 is 0. The molecule has 0 bridgehead atoms. The largest absolute Gasteiger partial charge is 0.507 e. The summed E-state index contributed by atoms with van der Waals surface area (Å²) in [6.45, 7) is 19.3. The van der Waals surface area contributed by atoms with Crippen LogP contribution in [0.2, 0.25) is 0 Å². The molecule has 0 heterocycles. The third kappa shape index (κ3) is 5.20. The van der Waals surface area contributed by atoms with Crippen molar-refractivity contribution < 1.29 is 10.2 Å². The number of aryl methyl sites for hydroxylation is 2. The molecule has 0 saturated heterocycles. The maximum absolute atomic E-state index is 11.3. The van der Waals surface area contributed by atoms with E-state index in [0.29, 0.717) is 11.5 Å². The van der Waals surface area contributed by atoms with Crippen molar-refractivity contribution in [3.8, 4) is 11.5 Å². The Hall–Kier alpha value is -1.96. The zero-order valence-corrected chi connectivity index (χ0v) is 20.6. The van der Waals surface area contributed by atoms with Crippen LogP contribution in [-0.4, -0.2) is 10.2 Å². The summed E-state index contributed by atoms with van der Waals surface area (Å²) in [5, 5.41) is 22.5. The normalized spacial score (nSPS) is 12.6. The van der Waals surface area contributed by atoms with Gasteiger partial charge in [-0.15, -0.1) is 0 Å². The molecule has 2 heteroatoms. The molecule has 2 rings (SSSR count).